The fourth-order valence-corrected chi connectivity index (χ4v) is 1.59. The number of hydrogen-bond donors (Lipinski definition) is 1. The van der Waals surface area contributed by atoms with Gasteiger partial charge >= 0.3 is 0 Å². The number of thiocarbonyl (C=S) groups is 1. The summed E-state index contributed by atoms with van der Waals surface area (Å²) >= 11 is 10.9. The van der Waals surface area contributed by atoms with Crippen LogP contribution in [0.2, 0.25) is 5.02 Å². The maximum atomic E-state index is 6.00. The molecule has 0 saturated heterocycles. The van der Waals surface area contributed by atoms with E-state index in [1.165, 1.54) is 0 Å². The Bertz CT molecular complexity index is 368. The molecule has 0 heterocycles. The smallest absolute Gasteiger partial charge is 0.121 e. The minimum atomic E-state index is 0.178. The molecule has 15 heavy (non-hydrogen) atoms. The highest BCUT2D eigenvalue weighted by Crippen LogP contribution is 2.23. The average molecular weight is 244 g/mol. The number of rotatable bonds is 4. The van der Waals surface area contributed by atoms with Crippen LogP contribution in [0.5, 0.6) is 5.75 Å². The molecule has 1 aromatic carbocycles. The standard InChI is InChI=1S/C11H14ClNOS/c1-3-7(2)14-8-4-5-9(11(13)15)10(12)6-8/h4-7H,3H2,1-2H3,(H2,13,15). The third-order valence-corrected chi connectivity index (χ3v) is 2.65. The highest BCUT2D eigenvalue weighted by Gasteiger charge is 2.06. The number of halogens is 1. The summed E-state index contributed by atoms with van der Waals surface area (Å²) in [5, 5.41) is 0.531. The predicted octanol–water partition coefficient (Wildman–Crippen LogP) is 3.15. The first-order valence-electron chi connectivity index (χ1n) is 4.80. The van der Waals surface area contributed by atoms with E-state index in [9.17, 15) is 0 Å². The zero-order chi connectivity index (χ0) is 11.4. The van der Waals surface area contributed by atoms with Crippen LogP contribution in [-0.2, 0) is 0 Å². The van der Waals surface area contributed by atoms with E-state index in [2.05, 4.69) is 6.92 Å². The third kappa shape index (κ3) is 3.36. The molecule has 2 N–H and O–H groups in total. The zero-order valence-corrected chi connectivity index (χ0v) is 10.4. The topological polar surface area (TPSA) is 35.2 Å². The van der Waals surface area contributed by atoms with Crippen molar-refractivity contribution in [2.45, 2.75) is 26.4 Å². The van der Waals surface area contributed by atoms with Crippen molar-refractivity contribution in [1.82, 2.24) is 0 Å². The monoisotopic (exact) mass is 243 g/mol. The van der Waals surface area contributed by atoms with Gasteiger partial charge in [0, 0.05) is 5.56 Å². The summed E-state index contributed by atoms with van der Waals surface area (Å²) in [6, 6.07) is 5.34. The lowest BCUT2D eigenvalue weighted by atomic mass is 10.2. The van der Waals surface area contributed by atoms with Crippen LogP contribution in [0.3, 0.4) is 0 Å². The molecule has 0 spiro atoms. The molecule has 0 aliphatic rings. The lowest BCUT2D eigenvalue weighted by Gasteiger charge is -2.13. The molecule has 0 aliphatic carbocycles. The van der Waals surface area contributed by atoms with Crippen molar-refractivity contribution >= 4 is 28.8 Å². The third-order valence-electron chi connectivity index (χ3n) is 2.12. The van der Waals surface area contributed by atoms with Crippen LogP contribution >= 0.6 is 23.8 Å². The molecule has 0 bridgehead atoms. The van der Waals surface area contributed by atoms with Gasteiger partial charge in [0.05, 0.1) is 11.1 Å². The van der Waals surface area contributed by atoms with Gasteiger partial charge in [-0.1, -0.05) is 30.7 Å². The molecule has 0 amide bonds. The molecule has 4 heteroatoms. The molecular formula is C11H14ClNOS. The van der Waals surface area contributed by atoms with E-state index in [4.69, 9.17) is 34.3 Å². The summed E-state index contributed by atoms with van der Waals surface area (Å²) in [5.41, 5.74) is 6.18. The second-order valence-corrected chi connectivity index (χ2v) is 4.19. The van der Waals surface area contributed by atoms with Crippen LogP contribution in [0.1, 0.15) is 25.8 Å². The van der Waals surface area contributed by atoms with Crippen LogP contribution in [-0.4, -0.2) is 11.1 Å². The normalized spacial score (nSPS) is 12.2. The Balaban J connectivity index is 2.87. The van der Waals surface area contributed by atoms with E-state index in [1.54, 1.807) is 12.1 Å². The highest BCUT2D eigenvalue weighted by atomic mass is 35.5. The summed E-state index contributed by atoms with van der Waals surface area (Å²) in [4.78, 5) is 0.301. The van der Waals surface area contributed by atoms with E-state index in [0.29, 0.717) is 15.6 Å². The molecule has 0 fully saturated rings. The number of hydrogen-bond acceptors (Lipinski definition) is 2. The lowest BCUT2D eigenvalue weighted by Crippen LogP contribution is -2.12. The molecule has 2 nitrogen and oxygen atoms in total. The van der Waals surface area contributed by atoms with Crippen LogP contribution in [0, 0.1) is 0 Å². The molecule has 0 aliphatic heterocycles. The van der Waals surface area contributed by atoms with Crippen LogP contribution in [0.25, 0.3) is 0 Å². The second-order valence-electron chi connectivity index (χ2n) is 3.34. The van der Waals surface area contributed by atoms with Gasteiger partial charge in [0.25, 0.3) is 0 Å². The molecule has 1 unspecified atom stereocenters. The van der Waals surface area contributed by atoms with Crippen molar-refractivity contribution in [1.29, 1.82) is 0 Å². The minimum Gasteiger partial charge on any atom is -0.491 e. The first-order chi connectivity index (χ1) is 7.04. The van der Waals surface area contributed by atoms with Gasteiger partial charge in [0.2, 0.25) is 0 Å². The Morgan fingerprint density at radius 1 is 1.60 bits per heavy atom. The molecule has 0 radical (unpaired) electrons. The van der Waals surface area contributed by atoms with Crippen LogP contribution in [0.15, 0.2) is 18.2 Å². The van der Waals surface area contributed by atoms with Gasteiger partial charge in [-0.25, -0.2) is 0 Å². The van der Waals surface area contributed by atoms with Crippen molar-refractivity contribution in [3.05, 3.63) is 28.8 Å². The van der Waals surface area contributed by atoms with E-state index in [-0.39, 0.29) is 6.10 Å². The first kappa shape index (κ1) is 12.3. The minimum absolute atomic E-state index is 0.178. The van der Waals surface area contributed by atoms with E-state index in [1.807, 2.05) is 13.0 Å². The van der Waals surface area contributed by atoms with Crippen molar-refractivity contribution in [2.75, 3.05) is 0 Å². The van der Waals surface area contributed by atoms with Gasteiger partial charge < -0.3 is 10.5 Å². The summed E-state index contributed by atoms with van der Waals surface area (Å²) in [5.74, 6) is 0.745. The van der Waals surface area contributed by atoms with Crippen molar-refractivity contribution in [3.8, 4) is 5.75 Å². The largest absolute Gasteiger partial charge is 0.491 e. The van der Waals surface area contributed by atoms with Crippen molar-refractivity contribution in [2.24, 2.45) is 5.73 Å². The summed E-state index contributed by atoms with van der Waals surface area (Å²) in [7, 11) is 0. The molecule has 1 rings (SSSR count). The van der Waals surface area contributed by atoms with Crippen molar-refractivity contribution < 1.29 is 4.74 Å². The lowest BCUT2D eigenvalue weighted by molar-refractivity contribution is 0.217. The van der Waals surface area contributed by atoms with Crippen LogP contribution < -0.4 is 10.5 Å². The number of ether oxygens (including phenoxy) is 1. The summed E-state index contributed by atoms with van der Waals surface area (Å²) in [6.45, 7) is 4.07. The Kier molecular flexibility index (Phi) is 4.36. The predicted molar refractivity (Wildman–Crippen MR) is 67.7 cm³/mol. The Hall–Kier alpha value is -0.800. The van der Waals surface area contributed by atoms with E-state index in [0.717, 1.165) is 12.2 Å². The molecule has 1 aromatic rings. The van der Waals surface area contributed by atoms with Gasteiger partial charge in [0.1, 0.15) is 10.7 Å². The Labute approximate surface area is 100 Å². The quantitative estimate of drug-likeness (QED) is 0.826. The summed E-state index contributed by atoms with van der Waals surface area (Å²) in [6.07, 6.45) is 1.13. The SMILES string of the molecule is CCC(C)Oc1ccc(C(N)=S)c(Cl)c1. The second kappa shape index (κ2) is 5.33. The van der Waals surface area contributed by atoms with Gasteiger partial charge in [-0.2, -0.15) is 0 Å². The zero-order valence-electron chi connectivity index (χ0n) is 8.79. The van der Waals surface area contributed by atoms with Gasteiger partial charge in [-0.3, -0.25) is 0 Å². The van der Waals surface area contributed by atoms with Gasteiger partial charge in [-0.15, -0.1) is 0 Å². The fraction of sp³-hybridized carbons (Fsp3) is 0.364. The maximum absolute atomic E-state index is 6.00. The summed E-state index contributed by atoms with van der Waals surface area (Å²) < 4.78 is 5.61. The number of benzene rings is 1. The highest BCUT2D eigenvalue weighted by molar-refractivity contribution is 7.80. The van der Waals surface area contributed by atoms with Crippen LogP contribution in [0.4, 0.5) is 0 Å². The van der Waals surface area contributed by atoms with E-state index >= 15 is 0 Å². The fourth-order valence-electron chi connectivity index (χ4n) is 1.08. The van der Waals surface area contributed by atoms with Gasteiger partial charge in [-0.05, 0) is 31.5 Å². The first-order valence-corrected chi connectivity index (χ1v) is 5.59. The van der Waals surface area contributed by atoms with Crippen molar-refractivity contribution in [3.63, 3.8) is 0 Å². The number of nitrogens with two attached hydrogens (primary N) is 1. The molecule has 0 aromatic heterocycles. The molecule has 0 saturated carbocycles. The van der Waals surface area contributed by atoms with E-state index < -0.39 is 0 Å². The molecular weight excluding hydrogens is 230 g/mol. The molecule has 1 atom stereocenters. The molecule has 82 valence electrons. The maximum Gasteiger partial charge on any atom is 0.121 e. The van der Waals surface area contributed by atoms with Gasteiger partial charge in [0.15, 0.2) is 0 Å². The Morgan fingerprint density at radius 2 is 2.27 bits per heavy atom. The Morgan fingerprint density at radius 3 is 2.73 bits per heavy atom. The average Bonchev–Trinajstić information content (AvgIpc) is 2.17.